The number of hydrogen-bond acceptors (Lipinski definition) is 5. The molecule has 1 aromatic heterocycles. The minimum absolute atomic E-state index is 0.0481. The van der Waals surface area contributed by atoms with Gasteiger partial charge in [0, 0.05) is 19.2 Å². The average Bonchev–Trinajstić information content (AvgIpc) is 2.87. The van der Waals surface area contributed by atoms with E-state index < -0.39 is 0 Å². The number of carbonyl (C=O) groups excluding carboxylic acids is 1. The van der Waals surface area contributed by atoms with Gasteiger partial charge in [-0.05, 0) is 12.5 Å². The van der Waals surface area contributed by atoms with Crippen molar-refractivity contribution >= 4 is 11.8 Å². The zero-order valence-electron chi connectivity index (χ0n) is 10.0. The number of ether oxygens (including phenoxy) is 2. The number of esters is 1. The van der Waals surface area contributed by atoms with E-state index in [-0.39, 0.29) is 11.9 Å². The van der Waals surface area contributed by atoms with Crippen LogP contribution < -0.4 is 9.64 Å². The normalized spacial score (nSPS) is 19.2. The van der Waals surface area contributed by atoms with E-state index in [9.17, 15) is 4.79 Å². The summed E-state index contributed by atoms with van der Waals surface area (Å²) in [7, 11) is 3.02. The summed E-state index contributed by atoms with van der Waals surface area (Å²) < 4.78 is 9.83. The third-order valence-electron chi connectivity index (χ3n) is 2.96. The van der Waals surface area contributed by atoms with Gasteiger partial charge < -0.3 is 14.4 Å². The van der Waals surface area contributed by atoms with Crippen molar-refractivity contribution in [3.8, 4) is 5.88 Å². The maximum atomic E-state index is 11.4. The van der Waals surface area contributed by atoms with E-state index in [1.54, 1.807) is 13.2 Å². The Morgan fingerprint density at radius 3 is 3.00 bits per heavy atom. The van der Waals surface area contributed by atoms with Gasteiger partial charge in [-0.2, -0.15) is 4.98 Å². The summed E-state index contributed by atoms with van der Waals surface area (Å²) in [6, 6.07) is 5.62. The highest BCUT2D eigenvalue weighted by Gasteiger charge is 2.29. The van der Waals surface area contributed by atoms with Crippen LogP contribution in [0.2, 0.25) is 0 Å². The average molecular weight is 236 g/mol. The number of aromatic nitrogens is 1. The lowest BCUT2D eigenvalue weighted by Gasteiger charge is -2.17. The summed E-state index contributed by atoms with van der Waals surface area (Å²) in [6.45, 7) is 1.48. The van der Waals surface area contributed by atoms with Gasteiger partial charge >= 0.3 is 5.97 Å². The lowest BCUT2D eigenvalue weighted by atomic mass is 10.1. The highest BCUT2D eigenvalue weighted by atomic mass is 16.5. The molecule has 17 heavy (non-hydrogen) atoms. The highest BCUT2D eigenvalue weighted by molar-refractivity contribution is 5.74. The van der Waals surface area contributed by atoms with E-state index in [0.717, 1.165) is 18.8 Å². The predicted octanol–water partition coefficient (Wildman–Crippen LogP) is 1.09. The maximum Gasteiger partial charge on any atom is 0.310 e. The second kappa shape index (κ2) is 5.03. The lowest BCUT2D eigenvalue weighted by Crippen LogP contribution is -2.24. The molecule has 0 aromatic carbocycles. The second-order valence-electron chi connectivity index (χ2n) is 3.99. The van der Waals surface area contributed by atoms with Crippen LogP contribution in [0.1, 0.15) is 6.42 Å². The fraction of sp³-hybridized carbons (Fsp3) is 0.500. The van der Waals surface area contributed by atoms with Crippen molar-refractivity contribution in [2.24, 2.45) is 5.92 Å². The van der Waals surface area contributed by atoms with Gasteiger partial charge in [0.2, 0.25) is 5.88 Å². The number of anilines is 1. The van der Waals surface area contributed by atoms with E-state index in [1.165, 1.54) is 7.11 Å². The lowest BCUT2D eigenvalue weighted by molar-refractivity contribution is -0.144. The van der Waals surface area contributed by atoms with Crippen LogP contribution >= 0.6 is 0 Å². The van der Waals surface area contributed by atoms with Crippen LogP contribution in [0.25, 0.3) is 0 Å². The standard InChI is InChI=1S/C12H16N2O3/c1-16-11-5-3-4-10(13-11)14-7-6-9(8-14)12(15)17-2/h3-5,9H,6-8H2,1-2H3. The van der Waals surface area contributed by atoms with E-state index in [0.29, 0.717) is 12.4 Å². The van der Waals surface area contributed by atoms with Crippen LogP contribution in [0.5, 0.6) is 5.88 Å². The molecule has 2 rings (SSSR count). The molecule has 0 N–H and O–H groups in total. The van der Waals surface area contributed by atoms with Crippen LogP contribution in [0.3, 0.4) is 0 Å². The van der Waals surface area contributed by atoms with Crippen molar-refractivity contribution in [1.29, 1.82) is 0 Å². The Hall–Kier alpha value is -1.78. The first-order valence-corrected chi connectivity index (χ1v) is 5.58. The molecule has 1 atom stereocenters. The number of hydrogen-bond donors (Lipinski definition) is 0. The highest BCUT2D eigenvalue weighted by Crippen LogP contribution is 2.24. The largest absolute Gasteiger partial charge is 0.481 e. The SMILES string of the molecule is COC(=O)C1CCN(c2cccc(OC)n2)C1. The summed E-state index contributed by atoms with van der Waals surface area (Å²) in [5.41, 5.74) is 0. The Morgan fingerprint density at radius 2 is 2.29 bits per heavy atom. The molecular weight excluding hydrogens is 220 g/mol. The van der Waals surface area contributed by atoms with Crippen LogP contribution in [0.15, 0.2) is 18.2 Å². The third-order valence-corrected chi connectivity index (χ3v) is 2.96. The van der Waals surface area contributed by atoms with Gasteiger partial charge in [0.15, 0.2) is 0 Å². The molecule has 5 nitrogen and oxygen atoms in total. The fourth-order valence-corrected chi connectivity index (χ4v) is 2.02. The summed E-state index contributed by atoms with van der Waals surface area (Å²) in [6.07, 6.45) is 0.811. The van der Waals surface area contributed by atoms with E-state index in [1.807, 2.05) is 12.1 Å². The summed E-state index contributed by atoms with van der Waals surface area (Å²) in [5, 5.41) is 0. The first-order chi connectivity index (χ1) is 8.24. The third kappa shape index (κ3) is 2.49. The van der Waals surface area contributed by atoms with E-state index in [2.05, 4.69) is 9.88 Å². The molecule has 0 radical (unpaired) electrons. The molecule has 1 aliphatic heterocycles. The van der Waals surface area contributed by atoms with Crippen molar-refractivity contribution in [3.05, 3.63) is 18.2 Å². The van der Waals surface area contributed by atoms with Crippen molar-refractivity contribution in [2.75, 3.05) is 32.2 Å². The Kier molecular flexibility index (Phi) is 3.46. The first kappa shape index (κ1) is 11.7. The summed E-state index contributed by atoms with van der Waals surface area (Å²) in [4.78, 5) is 17.8. The van der Waals surface area contributed by atoms with Gasteiger partial charge in [0.25, 0.3) is 0 Å². The van der Waals surface area contributed by atoms with Crippen molar-refractivity contribution < 1.29 is 14.3 Å². The molecular formula is C12H16N2O3. The minimum atomic E-state index is -0.143. The van der Waals surface area contributed by atoms with Gasteiger partial charge in [-0.3, -0.25) is 4.79 Å². The molecule has 1 aliphatic rings. The zero-order valence-corrected chi connectivity index (χ0v) is 10.0. The van der Waals surface area contributed by atoms with E-state index >= 15 is 0 Å². The molecule has 0 saturated carbocycles. The van der Waals surface area contributed by atoms with Gasteiger partial charge in [-0.15, -0.1) is 0 Å². The molecule has 2 heterocycles. The number of pyridine rings is 1. The van der Waals surface area contributed by atoms with E-state index in [4.69, 9.17) is 9.47 Å². The molecule has 5 heteroatoms. The Labute approximate surface area is 100 Å². The molecule has 1 saturated heterocycles. The van der Waals surface area contributed by atoms with Crippen molar-refractivity contribution in [2.45, 2.75) is 6.42 Å². The van der Waals surface area contributed by atoms with Gasteiger partial charge in [0.05, 0.1) is 20.1 Å². The number of carbonyl (C=O) groups is 1. The molecule has 0 spiro atoms. The van der Waals surface area contributed by atoms with Crippen LogP contribution in [0.4, 0.5) is 5.82 Å². The fourth-order valence-electron chi connectivity index (χ4n) is 2.02. The topological polar surface area (TPSA) is 51.7 Å². The predicted molar refractivity (Wildman–Crippen MR) is 63.1 cm³/mol. The van der Waals surface area contributed by atoms with Crippen LogP contribution in [0, 0.1) is 5.92 Å². The molecule has 1 unspecified atom stereocenters. The molecule has 1 fully saturated rings. The van der Waals surface area contributed by atoms with Gasteiger partial charge in [-0.25, -0.2) is 0 Å². The Morgan fingerprint density at radius 1 is 1.47 bits per heavy atom. The number of nitrogens with zero attached hydrogens (tertiary/aromatic N) is 2. The Bertz CT molecular complexity index is 408. The summed E-state index contributed by atoms with van der Waals surface area (Å²) in [5.74, 6) is 1.24. The molecule has 0 aliphatic carbocycles. The van der Waals surface area contributed by atoms with Gasteiger partial charge in [0.1, 0.15) is 5.82 Å². The number of methoxy groups -OCH3 is 2. The molecule has 0 bridgehead atoms. The van der Waals surface area contributed by atoms with Gasteiger partial charge in [-0.1, -0.05) is 6.07 Å². The quantitative estimate of drug-likeness (QED) is 0.735. The smallest absolute Gasteiger partial charge is 0.310 e. The van der Waals surface area contributed by atoms with Crippen molar-refractivity contribution in [1.82, 2.24) is 4.98 Å². The molecule has 1 aromatic rings. The molecule has 92 valence electrons. The monoisotopic (exact) mass is 236 g/mol. The Balaban J connectivity index is 2.07. The van der Waals surface area contributed by atoms with Crippen LogP contribution in [-0.2, 0) is 9.53 Å². The molecule has 0 amide bonds. The zero-order chi connectivity index (χ0) is 12.3. The first-order valence-electron chi connectivity index (χ1n) is 5.58. The maximum absolute atomic E-state index is 11.4. The summed E-state index contributed by atoms with van der Waals surface area (Å²) >= 11 is 0. The second-order valence-corrected chi connectivity index (χ2v) is 3.99. The minimum Gasteiger partial charge on any atom is -0.481 e. The number of rotatable bonds is 3. The van der Waals surface area contributed by atoms with Crippen LogP contribution in [-0.4, -0.2) is 38.3 Å². The van der Waals surface area contributed by atoms with Crippen molar-refractivity contribution in [3.63, 3.8) is 0 Å².